The Labute approximate surface area is 190 Å². The van der Waals surface area contributed by atoms with Gasteiger partial charge in [-0.25, -0.2) is 4.98 Å². The first-order valence-corrected chi connectivity index (χ1v) is 11.1. The summed E-state index contributed by atoms with van der Waals surface area (Å²) in [6, 6.07) is 4.18. The van der Waals surface area contributed by atoms with E-state index in [0.717, 1.165) is 31.6 Å². The zero-order valence-electron chi connectivity index (χ0n) is 18.5. The fourth-order valence-electron chi connectivity index (χ4n) is 4.14. The molecule has 0 saturated carbocycles. The highest BCUT2D eigenvalue weighted by Crippen LogP contribution is 2.33. The van der Waals surface area contributed by atoms with E-state index in [4.69, 9.17) is 14.2 Å². The van der Waals surface area contributed by atoms with E-state index in [9.17, 15) is 4.79 Å². The summed E-state index contributed by atoms with van der Waals surface area (Å²) in [7, 11) is 1.59. The van der Waals surface area contributed by atoms with Gasteiger partial charge in [0.05, 0.1) is 25.9 Å². The van der Waals surface area contributed by atoms with Crippen LogP contribution in [0.4, 0.5) is 5.95 Å². The summed E-state index contributed by atoms with van der Waals surface area (Å²) < 4.78 is 15.8. The molecule has 0 atom stereocenters. The average Bonchev–Trinajstić information content (AvgIpc) is 3.25. The Balaban J connectivity index is 1.31. The van der Waals surface area contributed by atoms with Gasteiger partial charge in [0.1, 0.15) is 12.3 Å². The molecule has 5 rings (SSSR count). The van der Waals surface area contributed by atoms with Gasteiger partial charge in [-0.3, -0.25) is 4.79 Å². The molecule has 11 heteroatoms. The summed E-state index contributed by atoms with van der Waals surface area (Å²) in [4.78, 5) is 35.5. The van der Waals surface area contributed by atoms with Gasteiger partial charge in [-0.1, -0.05) is 0 Å². The number of rotatable bonds is 8. The molecular weight excluding hydrogens is 426 g/mol. The van der Waals surface area contributed by atoms with E-state index in [1.807, 2.05) is 6.07 Å². The number of H-pyrrole nitrogens is 1. The Kier molecular flexibility index (Phi) is 6.31. The number of nitrogens with zero attached hydrogens (tertiary/aromatic N) is 5. The van der Waals surface area contributed by atoms with Crippen LogP contribution in [0.25, 0.3) is 11.0 Å². The SMILES string of the molecule is COCCOc1nc(C(=O)NC2COC2)nc(N2CCC(c3c[nH]c4ncccc34)CC2)n1. The van der Waals surface area contributed by atoms with E-state index in [1.165, 1.54) is 10.9 Å². The molecule has 2 N–H and O–H groups in total. The van der Waals surface area contributed by atoms with Crippen LogP contribution in [0.1, 0.15) is 34.9 Å². The number of carbonyl (C=O) groups is 1. The molecule has 0 bridgehead atoms. The van der Waals surface area contributed by atoms with Crippen molar-refractivity contribution in [1.29, 1.82) is 0 Å². The number of nitrogens with one attached hydrogen (secondary N) is 2. The van der Waals surface area contributed by atoms with Crippen molar-refractivity contribution in [2.75, 3.05) is 51.5 Å². The molecule has 2 saturated heterocycles. The molecule has 33 heavy (non-hydrogen) atoms. The van der Waals surface area contributed by atoms with Gasteiger partial charge in [0.15, 0.2) is 0 Å². The number of hydrogen-bond acceptors (Lipinski definition) is 9. The van der Waals surface area contributed by atoms with Crippen molar-refractivity contribution in [3.63, 3.8) is 0 Å². The number of aromatic nitrogens is 5. The molecule has 3 aromatic rings. The highest BCUT2D eigenvalue weighted by Gasteiger charge is 2.27. The maximum absolute atomic E-state index is 12.7. The summed E-state index contributed by atoms with van der Waals surface area (Å²) in [5.74, 6) is 0.556. The van der Waals surface area contributed by atoms with Crippen LogP contribution in [-0.4, -0.2) is 83.5 Å². The van der Waals surface area contributed by atoms with Gasteiger partial charge < -0.3 is 29.4 Å². The number of carbonyl (C=O) groups excluding carboxylic acids is 1. The number of methoxy groups -OCH3 is 1. The minimum absolute atomic E-state index is 0.0167. The lowest BCUT2D eigenvalue weighted by atomic mass is 9.89. The van der Waals surface area contributed by atoms with Crippen LogP contribution in [0.5, 0.6) is 6.01 Å². The number of fused-ring (bicyclic) bond motifs is 1. The zero-order valence-corrected chi connectivity index (χ0v) is 18.5. The molecule has 5 heterocycles. The van der Waals surface area contributed by atoms with Crippen LogP contribution in [-0.2, 0) is 9.47 Å². The molecule has 2 aliphatic rings. The number of anilines is 1. The van der Waals surface area contributed by atoms with E-state index >= 15 is 0 Å². The number of pyridine rings is 1. The van der Waals surface area contributed by atoms with Gasteiger partial charge in [-0.05, 0) is 36.5 Å². The lowest BCUT2D eigenvalue weighted by Crippen LogP contribution is -2.49. The molecule has 0 radical (unpaired) electrons. The normalized spacial score (nSPS) is 17.2. The van der Waals surface area contributed by atoms with Crippen LogP contribution in [0, 0.1) is 0 Å². The van der Waals surface area contributed by atoms with E-state index in [2.05, 4.69) is 47.4 Å². The fraction of sp³-hybridized carbons (Fsp3) is 0.500. The van der Waals surface area contributed by atoms with Gasteiger partial charge in [0.25, 0.3) is 5.91 Å². The smallest absolute Gasteiger partial charge is 0.322 e. The monoisotopic (exact) mass is 453 g/mol. The van der Waals surface area contributed by atoms with Crippen molar-refractivity contribution in [3.05, 3.63) is 35.9 Å². The topological polar surface area (TPSA) is 127 Å². The molecular formula is C22H27N7O4. The summed E-state index contributed by atoms with van der Waals surface area (Å²) in [6.07, 6.45) is 5.74. The average molecular weight is 454 g/mol. The standard InChI is InChI=1S/C22H27N7O4/c1-31-9-10-33-22-27-19(20(30)25-15-12-32-13-15)26-21(28-22)29-7-4-14(5-8-29)17-11-24-18-16(17)3-2-6-23-18/h2-3,6,11,14-15H,4-5,7-10,12-13H2,1H3,(H,23,24)(H,25,30). The summed E-state index contributed by atoms with van der Waals surface area (Å²) in [6.45, 7) is 3.20. The lowest BCUT2D eigenvalue weighted by molar-refractivity contribution is -0.00366. The summed E-state index contributed by atoms with van der Waals surface area (Å²) in [5.41, 5.74) is 2.21. The predicted molar refractivity (Wildman–Crippen MR) is 120 cm³/mol. The summed E-state index contributed by atoms with van der Waals surface area (Å²) in [5, 5.41) is 4.05. The van der Waals surface area contributed by atoms with Gasteiger partial charge >= 0.3 is 6.01 Å². The Morgan fingerprint density at radius 3 is 2.85 bits per heavy atom. The molecule has 0 aliphatic carbocycles. The second kappa shape index (κ2) is 9.67. The summed E-state index contributed by atoms with van der Waals surface area (Å²) >= 11 is 0. The van der Waals surface area contributed by atoms with Crippen LogP contribution in [0.2, 0.25) is 0 Å². The Hall–Kier alpha value is -3.31. The minimum atomic E-state index is -0.357. The molecule has 174 valence electrons. The molecule has 2 aliphatic heterocycles. The van der Waals surface area contributed by atoms with Crippen molar-refractivity contribution < 1.29 is 19.0 Å². The molecule has 1 amide bonds. The largest absolute Gasteiger partial charge is 0.461 e. The van der Waals surface area contributed by atoms with Gasteiger partial charge in [-0.15, -0.1) is 0 Å². The Bertz CT molecular complexity index is 1110. The Morgan fingerprint density at radius 1 is 1.24 bits per heavy atom. The van der Waals surface area contributed by atoms with Crippen LogP contribution in [0.3, 0.4) is 0 Å². The second-order valence-electron chi connectivity index (χ2n) is 8.20. The third-order valence-corrected chi connectivity index (χ3v) is 6.00. The van der Waals surface area contributed by atoms with E-state index < -0.39 is 0 Å². The first-order chi connectivity index (χ1) is 16.2. The number of amides is 1. The Morgan fingerprint density at radius 2 is 2.09 bits per heavy atom. The number of aromatic amines is 1. The molecule has 11 nitrogen and oxygen atoms in total. The van der Waals surface area contributed by atoms with Gasteiger partial charge in [0, 0.05) is 38.0 Å². The maximum Gasteiger partial charge on any atom is 0.322 e. The van der Waals surface area contributed by atoms with E-state index in [-0.39, 0.29) is 30.4 Å². The van der Waals surface area contributed by atoms with Gasteiger partial charge in [0.2, 0.25) is 11.8 Å². The van der Waals surface area contributed by atoms with Crippen molar-refractivity contribution in [1.82, 2.24) is 30.2 Å². The van der Waals surface area contributed by atoms with Gasteiger partial charge in [-0.2, -0.15) is 15.0 Å². The van der Waals surface area contributed by atoms with Crippen molar-refractivity contribution >= 4 is 22.9 Å². The highest BCUT2D eigenvalue weighted by atomic mass is 16.5. The number of ether oxygens (including phenoxy) is 3. The second-order valence-corrected chi connectivity index (χ2v) is 8.20. The quantitative estimate of drug-likeness (QED) is 0.485. The first-order valence-electron chi connectivity index (χ1n) is 11.1. The maximum atomic E-state index is 12.7. The minimum Gasteiger partial charge on any atom is -0.461 e. The third-order valence-electron chi connectivity index (χ3n) is 6.00. The lowest BCUT2D eigenvalue weighted by Gasteiger charge is -2.32. The van der Waals surface area contributed by atoms with Crippen molar-refractivity contribution in [3.8, 4) is 6.01 Å². The van der Waals surface area contributed by atoms with Crippen LogP contribution in [0.15, 0.2) is 24.5 Å². The molecule has 0 spiro atoms. The number of piperidine rings is 1. The number of hydrogen-bond donors (Lipinski definition) is 2. The van der Waals surface area contributed by atoms with Crippen molar-refractivity contribution in [2.24, 2.45) is 0 Å². The third kappa shape index (κ3) is 4.74. The van der Waals surface area contributed by atoms with Crippen LogP contribution >= 0.6 is 0 Å². The molecule has 0 aromatic carbocycles. The predicted octanol–water partition coefficient (Wildman–Crippen LogP) is 1.29. The highest BCUT2D eigenvalue weighted by molar-refractivity contribution is 5.91. The van der Waals surface area contributed by atoms with Crippen molar-refractivity contribution in [2.45, 2.75) is 24.8 Å². The zero-order chi connectivity index (χ0) is 22.6. The van der Waals surface area contributed by atoms with E-state index in [0.29, 0.717) is 31.7 Å². The first kappa shape index (κ1) is 21.5. The van der Waals surface area contributed by atoms with E-state index in [1.54, 1.807) is 13.3 Å². The molecule has 2 fully saturated rings. The molecule has 0 unspecified atom stereocenters. The van der Waals surface area contributed by atoms with Crippen LogP contribution < -0.4 is 15.0 Å². The fourth-order valence-corrected chi connectivity index (χ4v) is 4.14. The molecule has 3 aromatic heterocycles.